The highest BCUT2D eigenvalue weighted by Gasteiger charge is 2.28. The normalized spacial score (nSPS) is 19.0. The number of nitrogens with zero attached hydrogens (tertiary/aromatic N) is 2. The summed E-state index contributed by atoms with van der Waals surface area (Å²) < 4.78 is 18.6. The number of ether oxygens (including phenoxy) is 1. The molecule has 1 aromatic carbocycles. The molecule has 3 heterocycles. The lowest BCUT2D eigenvalue weighted by molar-refractivity contribution is -0.124. The van der Waals surface area contributed by atoms with Gasteiger partial charge in [0.1, 0.15) is 11.9 Å². The summed E-state index contributed by atoms with van der Waals surface area (Å²) >= 11 is 7.37. The summed E-state index contributed by atoms with van der Waals surface area (Å²) in [5.41, 5.74) is 1.16. The molecule has 1 unspecified atom stereocenters. The molecule has 0 radical (unpaired) electrons. The van der Waals surface area contributed by atoms with Crippen LogP contribution >= 0.6 is 22.9 Å². The zero-order valence-electron chi connectivity index (χ0n) is 14.3. The van der Waals surface area contributed by atoms with Gasteiger partial charge in [-0.05, 0) is 31.0 Å². The average molecular weight is 410 g/mol. The van der Waals surface area contributed by atoms with Gasteiger partial charge in [0.2, 0.25) is 0 Å². The highest BCUT2D eigenvalue weighted by molar-refractivity contribution is 7.15. The van der Waals surface area contributed by atoms with Gasteiger partial charge in [0.25, 0.3) is 11.8 Å². The first kappa shape index (κ1) is 18.3. The Labute approximate surface area is 164 Å². The van der Waals surface area contributed by atoms with Crippen LogP contribution in [0.3, 0.4) is 0 Å². The van der Waals surface area contributed by atoms with Crippen LogP contribution in [0.15, 0.2) is 18.2 Å². The number of carbonyl (C=O) groups is 2. The van der Waals surface area contributed by atoms with Crippen molar-refractivity contribution >= 4 is 39.9 Å². The fraction of sp³-hybridized carbons (Fsp3) is 0.389. The lowest BCUT2D eigenvalue weighted by atomic mass is 10.1. The van der Waals surface area contributed by atoms with Crippen LogP contribution in [0.1, 0.15) is 33.8 Å². The van der Waals surface area contributed by atoms with Crippen LogP contribution in [0.2, 0.25) is 5.02 Å². The number of benzene rings is 1. The van der Waals surface area contributed by atoms with E-state index in [4.69, 9.17) is 16.3 Å². The molecule has 2 aliphatic rings. The first-order valence-electron chi connectivity index (χ1n) is 8.66. The second-order valence-electron chi connectivity index (χ2n) is 6.48. The van der Waals surface area contributed by atoms with E-state index < -0.39 is 11.9 Å². The van der Waals surface area contributed by atoms with Crippen molar-refractivity contribution in [3.63, 3.8) is 0 Å². The molecule has 0 aliphatic carbocycles. The van der Waals surface area contributed by atoms with Crippen molar-refractivity contribution in [2.75, 3.05) is 18.5 Å². The highest BCUT2D eigenvalue weighted by Crippen LogP contribution is 2.30. The molecule has 1 N–H and O–H groups in total. The highest BCUT2D eigenvalue weighted by atomic mass is 35.5. The third-order valence-corrected chi connectivity index (χ3v) is 5.94. The van der Waals surface area contributed by atoms with Crippen molar-refractivity contribution in [3.8, 4) is 0 Å². The minimum atomic E-state index is -0.480. The summed E-state index contributed by atoms with van der Waals surface area (Å²) in [5, 5.41) is 3.43. The molecule has 9 heteroatoms. The Morgan fingerprint density at radius 1 is 1.41 bits per heavy atom. The van der Waals surface area contributed by atoms with Crippen molar-refractivity contribution in [1.29, 1.82) is 0 Å². The van der Waals surface area contributed by atoms with Crippen molar-refractivity contribution in [3.05, 3.63) is 45.2 Å². The van der Waals surface area contributed by atoms with E-state index in [9.17, 15) is 14.0 Å². The summed E-state index contributed by atoms with van der Waals surface area (Å²) in [7, 11) is 0. The second-order valence-corrected chi connectivity index (χ2v) is 7.97. The number of aromatic nitrogens is 1. The molecule has 4 rings (SSSR count). The number of nitrogens with one attached hydrogen (secondary N) is 1. The summed E-state index contributed by atoms with van der Waals surface area (Å²) in [6.45, 7) is 1.48. The quantitative estimate of drug-likeness (QED) is 0.844. The third-order valence-electron chi connectivity index (χ3n) is 4.63. The van der Waals surface area contributed by atoms with E-state index in [1.165, 1.54) is 23.5 Å². The van der Waals surface area contributed by atoms with Gasteiger partial charge in [-0.15, -0.1) is 0 Å². The van der Waals surface area contributed by atoms with Gasteiger partial charge in [0.05, 0.1) is 22.8 Å². The van der Waals surface area contributed by atoms with E-state index in [2.05, 4.69) is 10.3 Å². The molecular formula is C18H17ClFN3O3S. The number of anilines is 1. The molecule has 27 heavy (non-hydrogen) atoms. The number of fused-ring (bicyclic) bond motifs is 1. The summed E-state index contributed by atoms with van der Waals surface area (Å²) in [6.07, 6.45) is 1.78. The number of thiazole rings is 1. The number of hydrogen-bond donors (Lipinski definition) is 1. The van der Waals surface area contributed by atoms with Crippen molar-refractivity contribution in [1.82, 2.24) is 9.88 Å². The number of amides is 2. The summed E-state index contributed by atoms with van der Waals surface area (Å²) in [5.74, 6) is -0.903. The van der Waals surface area contributed by atoms with Gasteiger partial charge in [-0.2, -0.15) is 0 Å². The van der Waals surface area contributed by atoms with Crippen LogP contribution in [-0.2, 0) is 22.5 Å². The third kappa shape index (κ3) is 3.83. The minimum absolute atomic E-state index is 0.0969. The Kier molecular flexibility index (Phi) is 5.12. The van der Waals surface area contributed by atoms with Gasteiger partial charge in [-0.25, -0.2) is 9.37 Å². The van der Waals surface area contributed by atoms with Gasteiger partial charge in [0.15, 0.2) is 5.13 Å². The standard InChI is InChI=1S/C18H17ClFN3O3S/c19-12-8-10(20)3-4-11(12)17(25)23-6-5-13-15(9-23)27-18(21-13)22-16(24)14-2-1-7-26-14/h3-4,8,14H,1-2,5-7,9H2,(H,21,22,24). The van der Waals surface area contributed by atoms with Crippen LogP contribution in [0.5, 0.6) is 0 Å². The van der Waals surface area contributed by atoms with Crippen molar-refractivity contribution < 1.29 is 18.7 Å². The Balaban J connectivity index is 1.46. The average Bonchev–Trinajstić information content (AvgIpc) is 3.30. The molecule has 0 spiro atoms. The second kappa shape index (κ2) is 7.53. The summed E-state index contributed by atoms with van der Waals surface area (Å²) in [4.78, 5) is 31.9. The molecule has 142 valence electrons. The van der Waals surface area contributed by atoms with Crippen LogP contribution in [0, 0.1) is 5.82 Å². The minimum Gasteiger partial charge on any atom is -0.368 e. The van der Waals surface area contributed by atoms with E-state index in [-0.39, 0.29) is 22.4 Å². The molecular weight excluding hydrogens is 393 g/mol. The first-order chi connectivity index (χ1) is 13.0. The van der Waals surface area contributed by atoms with Crippen molar-refractivity contribution in [2.45, 2.75) is 31.9 Å². The Morgan fingerprint density at radius 3 is 3.00 bits per heavy atom. The molecule has 1 atom stereocenters. The molecule has 1 fully saturated rings. The Hall–Kier alpha value is -2.03. The lowest BCUT2D eigenvalue weighted by Gasteiger charge is -2.26. The zero-order chi connectivity index (χ0) is 19.0. The van der Waals surface area contributed by atoms with Crippen LogP contribution in [0.4, 0.5) is 9.52 Å². The molecule has 0 saturated carbocycles. The van der Waals surface area contributed by atoms with Gasteiger partial charge in [-0.1, -0.05) is 22.9 Å². The maximum absolute atomic E-state index is 13.2. The number of halogens is 2. The molecule has 2 aliphatic heterocycles. The predicted octanol–water partition coefficient (Wildman–Crippen LogP) is 3.25. The summed E-state index contributed by atoms with van der Waals surface area (Å²) in [6, 6.07) is 3.75. The van der Waals surface area contributed by atoms with Crippen LogP contribution < -0.4 is 5.32 Å². The maximum atomic E-state index is 13.2. The van der Waals surface area contributed by atoms with E-state index in [0.717, 1.165) is 29.5 Å². The van der Waals surface area contributed by atoms with Gasteiger partial charge < -0.3 is 9.64 Å². The predicted molar refractivity (Wildman–Crippen MR) is 99.6 cm³/mol. The fourth-order valence-electron chi connectivity index (χ4n) is 3.23. The molecule has 6 nitrogen and oxygen atoms in total. The van der Waals surface area contributed by atoms with Crippen molar-refractivity contribution in [2.24, 2.45) is 0 Å². The molecule has 2 amide bonds. The monoisotopic (exact) mass is 409 g/mol. The van der Waals surface area contributed by atoms with E-state index in [1.54, 1.807) is 4.90 Å². The first-order valence-corrected chi connectivity index (χ1v) is 9.86. The number of hydrogen-bond acceptors (Lipinski definition) is 5. The molecule has 1 saturated heterocycles. The lowest BCUT2D eigenvalue weighted by Crippen LogP contribution is -2.35. The van der Waals surface area contributed by atoms with Gasteiger partial charge >= 0.3 is 0 Å². The van der Waals surface area contributed by atoms with Gasteiger partial charge in [0, 0.05) is 24.4 Å². The smallest absolute Gasteiger partial charge is 0.255 e. The number of rotatable bonds is 3. The zero-order valence-corrected chi connectivity index (χ0v) is 15.9. The number of carbonyl (C=O) groups excluding carboxylic acids is 2. The van der Waals surface area contributed by atoms with E-state index >= 15 is 0 Å². The van der Waals surface area contributed by atoms with Crippen LogP contribution in [-0.4, -0.2) is 41.0 Å². The van der Waals surface area contributed by atoms with Gasteiger partial charge in [-0.3, -0.25) is 14.9 Å². The van der Waals surface area contributed by atoms with E-state index in [0.29, 0.717) is 31.2 Å². The molecule has 0 bridgehead atoms. The maximum Gasteiger partial charge on any atom is 0.255 e. The molecule has 1 aromatic heterocycles. The van der Waals surface area contributed by atoms with E-state index in [1.807, 2.05) is 0 Å². The largest absolute Gasteiger partial charge is 0.368 e. The SMILES string of the molecule is O=C(Nc1nc2c(s1)CN(C(=O)c1ccc(F)cc1Cl)CC2)C1CCCO1. The molecule has 2 aromatic rings. The Morgan fingerprint density at radius 2 is 2.26 bits per heavy atom. The topological polar surface area (TPSA) is 71.5 Å². The fourth-order valence-corrected chi connectivity index (χ4v) is 4.50. The van der Waals surface area contributed by atoms with Crippen LogP contribution in [0.25, 0.3) is 0 Å². The Bertz CT molecular complexity index is 898.